The number of carbonyl (C=O) groups excluding carboxylic acids is 2. The number of nitrogens with zero attached hydrogens (tertiary/aromatic N) is 3. The van der Waals surface area contributed by atoms with E-state index in [0.717, 1.165) is 5.56 Å². The molecule has 1 aromatic heterocycles. The molecule has 0 atom stereocenters. The Morgan fingerprint density at radius 3 is 2.69 bits per heavy atom. The van der Waals surface area contributed by atoms with Crippen LogP contribution in [0.1, 0.15) is 34.1 Å². The van der Waals surface area contributed by atoms with E-state index < -0.39 is 10.9 Å². The maximum absolute atomic E-state index is 12.0. The number of ether oxygens (including phenoxy) is 3. The third-order valence-electron chi connectivity index (χ3n) is 4.57. The minimum absolute atomic E-state index is 0.0733. The average molecular weight is 499 g/mol. The van der Waals surface area contributed by atoms with Crippen molar-refractivity contribution < 1.29 is 28.7 Å². The first-order valence-electron chi connectivity index (χ1n) is 10.4. The Morgan fingerprint density at radius 2 is 2.00 bits per heavy atom. The van der Waals surface area contributed by atoms with Crippen LogP contribution in [0, 0.1) is 10.1 Å². The molecule has 12 heteroatoms. The number of aromatic nitrogens is 1. The molecule has 3 aromatic rings. The maximum Gasteiger partial charge on any atom is 0.338 e. The number of hydrogen-bond donors (Lipinski definition) is 1. The highest BCUT2D eigenvalue weighted by Gasteiger charge is 2.22. The maximum atomic E-state index is 12.0. The number of nitro benzene ring substituents is 1. The number of rotatable bonds is 11. The zero-order chi connectivity index (χ0) is 25.2. The summed E-state index contributed by atoms with van der Waals surface area (Å²) < 4.78 is 15.3. The molecule has 1 heterocycles. The number of hydrogen-bond acceptors (Lipinski definition) is 11. The summed E-state index contributed by atoms with van der Waals surface area (Å²) in [5.41, 5.74) is 4.14. The number of thiazole rings is 1. The first-order chi connectivity index (χ1) is 16.9. The summed E-state index contributed by atoms with van der Waals surface area (Å²) in [5.74, 6) is -0.564. The highest BCUT2D eigenvalue weighted by molar-refractivity contribution is 7.13. The molecule has 35 heavy (non-hydrogen) atoms. The molecule has 0 saturated carbocycles. The molecular weight excluding hydrogens is 476 g/mol. The summed E-state index contributed by atoms with van der Waals surface area (Å²) in [6.07, 6.45) is 1.68. The zero-order valence-electron chi connectivity index (χ0n) is 18.9. The fourth-order valence-corrected chi connectivity index (χ4v) is 3.62. The lowest BCUT2D eigenvalue weighted by molar-refractivity contribution is -0.385. The number of esters is 2. The molecule has 11 nitrogen and oxygen atoms in total. The minimum atomic E-state index is -0.681. The van der Waals surface area contributed by atoms with Crippen molar-refractivity contribution in [3.8, 4) is 5.75 Å². The second-order valence-electron chi connectivity index (χ2n) is 6.91. The summed E-state index contributed by atoms with van der Waals surface area (Å²) in [4.78, 5) is 38.6. The number of nitrogens with one attached hydrogen (secondary N) is 1. The molecule has 2 aromatic carbocycles. The van der Waals surface area contributed by atoms with Crippen LogP contribution in [0.5, 0.6) is 5.75 Å². The van der Waals surface area contributed by atoms with Gasteiger partial charge in [0.15, 0.2) is 0 Å². The molecule has 1 N–H and O–H groups in total. The molecule has 0 amide bonds. The quantitative estimate of drug-likeness (QED) is 0.180. The van der Waals surface area contributed by atoms with Crippen molar-refractivity contribution in [1.29, 1.82) is 0 Å². The van der Waals surface area contributed by atoms with Gasteiger partial charge in [-0.25, -0.2) is 9.78 Å². The fourth-order valence-electron chi connectivity index (χ4n) is 2.97. The minimum Gasteiger partial charge on any atom is -0.489 e. The van der Waals surface area contributed by atoms with Gasteiger partial charge in [-0.15, -0.1) is 11.3 Å². The lowest BCUT2D eigenvalue weighted by Gasteiger charge is -2.10. The third kappa shape index (κ3) is 7.08. The second kappa shape index (κ2) is 12.2. The lowest BCUT2D eigenvalue weighted by Crippen LogP contribution is -2.10. The van der Waals surface area contributed by atoms with Crippen molar-refractivity contribution in [3.05, 3.63) is 80.3 Å². The van der Waals surface area contributed by atoms with Crippen LogP contribution in [0.3, 0.4) is 0 Å². The molecule has 0 aliphatic heterocycles. The lowest BCUT2D eigenvalue weighted by atomic mass is 10.1. The van der Waals surface area contributed by atoms with E-state index in [-0.39, 0.29) is 35.8 Å². The molecule has 0 fully saturated rings. The largest absolute Gasteiger partial charge is 0.489 e. The zero-order valence-corrected chi connectivity index (χ0v) is 19.7. The van der Waals surface area contributed by atoms with Gasteiger partial charge in [0.2, 0.25) is 5.13 Å². The van der Waals surface area contributed by atoms with Crippen molar-refractivity contribution >= 4 is 40.3 Å². The van der Waals surface area contributed by atoms with Crippen LogP contribution >= 0.6 is 11.3 Å². The van der Waals surface area contributed by atoms with Gasteiger partial charge < -0.3 is 14.2 Å². The van der Waals surface area contributed by atoms with Crippen LogP contribution in [0.25, 0.3) is 0 Å². The molecule has 0 saturated heterocycles. The van der Waals surface area contributed by atoms with Crippen LogP contribution in [-0.4, -0.2) is 41.8 Å². The molecule has 3 rings (SSSR count). The van der Waals surface area contributed by atoms with Gasteiger partial charge >= 0.3 is 11.9 Å². The molecule has 0 aliphatic rings. The highest BCUT2D eigenvalue weighted by atomic mass is 32.1. The van der Waals surface area contributed by atoms with Crippen molar-refractivity contribution in [3.63, 3.8) is 0 Å². The van der Waals surface area contributed by atoms with Crippen LogP contribution in [-0.2, 0) is 27.3 Å². The smallest absolute Gasteiger partial charge is 0.338 e. The molecular formula is C23H22N4O7S. The van der Waals surface area contributed by atoms with E-state index in [1.165, 1.54) is 36.6 Å². The van der Waals surface area contributed by atoms with Gasteiger partial charge in [-0.1, -0.05) is 6.07 Å². The molecule has 0 bridgehead atoms. The SMILES string of the molecule is CCOC(=O)Cc1csc(NN=Cc2ccc(OCc3c(C(=O)OC)cccc3[N+](=O)[O-])cc2)n1. The number of benzene rings is 2. The van der Waals surface area contributed by atoms with E-state index in [9.17, 15) is 19.7 Å². The third-order valence-corrected chi connectivity index (χ3v) is 5.37. The molecule has 0 spiro atoms. The Hall–Kier alpha value is -4.32. The van der Waals surface area contributed by atoms with E-state index in [2.05, 4.69) is 15.5 Å². The topological polar surface area (TPSA) is 142 Å². The van der Waals surface area contributed by atoms with E-state index in [0.29, 0.717) is 23.2 Å². The van der Waals surface area contributed by atoms with Gasteiger partial charge in [-0.3, -0.25) is 20.3 Å². The number of methoxy groups -OCH3 is 1. The van der Waals surface area contributed by atoms with Gasteiger partial charge in [0.1, 0.15) is 12.4 Å². The predicted octanol–water partition coefficient (Wildman–Crippen LogP) is 3.97. The number of hydrazone groups is 1. The number of nitro groups is 1. The van der Waals surface area contributed by atoms with Crippen LogP contribution in [0.4, 0.5) is 10.8 Å². The Balaban J connectivity index is 1.59. The Bertz CT molecular complexity index is 1220. The summed E-state index contributed by atoms with van der Waals surface area (Å²) in [7, 11) is 1.21. The van der Waals surface area contributed by atoms with Crippen molar-refractivity contribution in [2.45, 2.75) is 20.0 Å². The normalized spacial score (nSPS) is 10.7. The number of carbonyl (C=O) groups is 2. The Kier molecular flexibility index (Phi) is 8.84. The standard InChI is InChI=1S/C23H22N4O7S/c1-3-33-21(28)11-16-14-35-23(25-16)26-24-12-15-7-9-17(10-8-15)34-13-19-18(22(29)32-2)5-4-6-20(19)27(30)31/h4-10,12,14H,3,11,13H2,1-2H3,(H,25,26). The number of anilines is 1. The average Bonchev–Trinajstić information content (AvgIpc) is 3.29. The molecule has 182 valence electrons. The van der Waals surface area contributed by atoms with Crippen LogP contribution < -0.4 is 10.2 Å². The van der Waals surface area contributed by atoms with E-state index in [4.69, 9.17) is 14.2 Å². The van der Waals surface area contributed by atoms with Gasteiger partial charge in [0.05, 0.1) is 48.1 Å². The van der Waals surface area contributed by atoms with E-state index in [1.807, 2.05) is 0 Å². The summed E-state index contributed by atoms with van der Waals surface area (Å²) in [5, 5.41) is 17.8. The van der Waals surface area contributed by atoms with Gasteiger partial charge in [0, 0.05) is 11.4 Å². The van der Waals surface area contributed by atoms with Gasteiger partial charge in [0.25, 0.3) is 5.69 Å². The Labute approximate surface area is 204 Å². The fraction of sp³-hybridized carbons (Fsp3) is 0.217. The van der Waals surface area contributed by atoms with Crippen molar-refractivity contribution in [1.82, 2.24) is 4.98 Å². The monoisotopic (exact) mass is 498 g/mol. The second-order valence-corrected chi connectivity index (χ2v) is 7.76. The first kappa shape index (κ1) is 25.3. The summed E-state index contributed by atoms with van der Waals surface area (Å²) in [6, 6.07) is 11.0. The first-order valence-corrected chi connectivity index (χ1v) is 11.3. The molecule has 0 aliphatic carbocycles. The van der Waals surface area contributed by atoms with Crippen LogP contribution in [0.2, 0.25) is 0 Å². The molecule has 0 unspecified atom stereocenters. The van der Waals surface area contributed by atoms with Crippen molar-refractivity contribution in [2.24, 2.45) is 5.10 Å². The van der Waals surface area contributed by atoms with Gasteiger partial charge in [-0.05, 0) is 42.8 Å². The van der Waals surface area contributed by atoms with Gasteiger partial charge in [-0.2, -0.15) is 5.10 Å². The van der Waals surface area contributed by atoms with E-state index in [1.54, 1.807) is 42.8 Å². The summed E-state index contributed by atoms with van der Waals surface area (Å²) >= 11 is 1.31. The highest BCUT2D eigenvalue weighted by Crippen LogP contribution is 2.25. The molecule has 0 radical (unpaired) electrons. The summed E-state index contributed by atoms with van der Waals surface area (Å²) in [6.45, 7) is 1.88. The van der Waals surface area contributed by atoms with Crippen molar-refractivity contribution in [2.75, 3.05) is 19.1 Å². The van der Waals surface area contributed by atoms with Crippen LogP contribution in [0.15, 0.2) is 52.9 Å². The Morgan fingerprint density at radius 1 is 1.23 bits per heavy atom. The van der Waals surface area contributed by atoms with E-state index >= 15 is 0 Å². The predicted molar refractivity (Wildman–Crippen MR) is 129 cm³/mol.